The zero-order valence-corrected chi connectivity index (χ0v) is 10.9. The Morgan fingerprint density at radius 1 is 1.53 bits per heavy atom. The fourth-order valence-corrected chi connectivity index (χ4v) is 1.91. The van der Waals surface area contributed by atoms with E-state index in [2.05, 4.69) is 5.32 Å². The molecule has 1 N–H and O–H groups in total. The van der Waals surface area contributed by atoms with Crippen LogP contribution in [0.3, 0.4) is 0 Å². The van der Waals surface area contributed by atoms with Crippen LogP contribution in [0.15, 0.2) is 24.3 Å². The molecule has 1 aromatic carbocycles. The van der Waals surface area contributed by atoms with E-state index in [1.165, 1.54) is 12.1 Å². The molecule has 1 aromatic rings. The van der Waals surface area contributed by atoms with E-state index in [0.29, 0.717) is 19.0 Å². The molecule has 2 unspecified atom stereocenters. The van der Waals surface area contributed by atoms with Gasteiger partial charge >= 0.3 is 0 Å². The van der Waals surface area contributed by atoms with Gasteiger partial charge in [-0.15, -0.1) is 0 Å². The van der Waals surface area contributed by atoms with E-state index >= 15 is 0 Å². The van der Waals surface area contributed by atoms with Crippen LogP contribution >= 0.6 is 0 Å². The molecule has 1 aliphatic rings. The molecular formula is C14H18FNO3. The number of hydrogen-bond donors (Lipinski definition) is 1. The van der Waals surface area contributed by atoms with E-state index in [9.17, 15) is 9.18 Å². The standard InChI is InChI=1S/C14H18FNO3/c1-10(16-14(17)13-3-2-8-18-13)9-19-12-6-4-11(15)5-7-12/h4-7,10,13H,2-3,8-9H2,1H3,(H,16,17). The third-order valence-corrected chi connectivity index (χ3v) is 2.92. The van der Waals surface area contributed by atoms with Gasteiger partial charge in [0.1, 0.15) is 24.3 Å². The second-order valence-electron chi connectivity index (χ2n) is 4.68. The third kappa shape index (κ3) is 4.21. The van der Waals surface area contributed by atoms with Crippen molar-refractivity contribution in [1.29, 1.82) is 0 Å². The van der Waals surface area contributed by atoms with Gasteiger partial charge in [0, 0.05) is 6.61 Å². The van der Waals surface area contributed by atoms with Crippen LogP contribution in [-0.2, 0) is 9.53 Å². The number of halogens is 1. The summed E-state index contributed by atoms with van der Waals surface area (Å²) in [7, 11) is 0. The summed E-state index contributed by atoms with van der Waals surface area (Å²) in [5.41, 5.74) is 0. The lowest BCUT2D eigenvalue weighted by atomic mass is 10.2. The summed E-state index contributed by atoms with van der Waals surface area (Å²) < 4.78 is 23.5. The Kier molecular flexibility index (Phi) is 4.74. The molecule has 2 rings (SSSR count). The fourth-order valence-electron chi connectivity index (χ4n) is 1.91. The molecule has 0 bridgehead atoms. The van der Waals surface area contributed by atoms with Gasteiger partial charge in [-0.05, 0) is 44.0 Å². The van der Waals surface area contributed by atoms with Crippen LogP contribution in [0.1, 0.15) is 19.8 Å². The van der Waals surface area contributed by atoms with Gasteiger partial charge in [0.25, 0.3) is 0 Å². The average molecular weight is 267 g/mol. The van der Waals surface area contributed by atoms with Gasteiger partial charge in [0.15, 0.2) is 0 Å². The zero-order chi connectivity index (χ0) is 13.7. The van der Waals surface area contributed by atoms with E-state index in [4.69, 9.17) is 9.47 Å². The van der Waals surface area contributed by atoms with E-state index < -0.39 is 0 Å². The molecule has 19 heavy (non-hydrogen) atoms. The topological polar surface area (TPSA) is 47.6 Å². The molecule has 104 valence electrons. The van der Waals surface area contributed by atoms with Gasteiger partial charge in [0.05, 0.1) is 6.04 Å². The molecule has 1 amide bonds. The lowest BCUT2D eigenvalue weighted by Crippen LogP contribution is -2.42. The van der Waals surface area contributed by atoms with Crippen molar-refractivity contribution in [1.82, 2.24) is 5.32 Å². The summed E-state index contributed by atoms with van der Waals surface area (Å²) in [6.07, 6.45) is 1.38. The predicted molar refractivity (Wildman–Crippen MR) is 68.5 cm³/mol. The van der Waals surface area contributed by atoms with E-state index in [-0.39, 0.29) is 23.9 Å². The van der Waals surface area contributed by atoms with Crippen molar-refractivity contribution in [3.63, 3.8) is 0 Å². The number of ether oxygens (including phenoxy) is 2. The van der Waals surface area contributed by atoms with Crippen molar-refractivity contribution in [2.75, 3.05) is 13.2 Å². The maximum atomic E-state index is 12.7. The Morgan fingerprint density at radius 3 is 2.89 bits per heavy atom. The van der Waals surface area contributed by atoms with E-state index in [0.717, 1.165) is 12.8 Å². The molecule has 0 radical (unpaired) electrons. The first-order chi connectivity index (χ1) is 9.15. The van der Waals surface area contributed by atoms with Gasteiger partial charge < -0.3 is 14.8 Å². The molecule has 2 atom stereocenters. The van der Waals surface area contributed by atoms with Crippen molar-refractivity contribution in [2.45, 2.75) is 31.9 Å². The number of amides is 1. The lowest BCUT2D eigenvalue weighted by molar-refractivity contribution is -0.130. The summed E-state index contributed by atoms with van der Waals surface area (Å²) in [6, 6.07) is 5.67. The van der Waals surface area contributed by atoms with Gasteiger partial charge in [-0.25, -0.2) is 4.39 Å². The molecule has 0 aromatic heterocycles. The van der Waals surface area contributed by atoms with Crippen LogP contribution in [0.25, 0.3) is 0 Å². The van der Waals surface area contributed by atoms with Crippen molar-refractivity contribution in [3.8, 4) is 5.75 Å². The SMILES string of the molecule is CC(COc1ccc(F)cc1)NC(=O)C1CCCO1. The summed E-state index contributed by atoms with van der Waals surface area (Å²) in [5.74, 6) is 0.194. The summed E-state index contributed by atoms with van der Waals surface area (Å²) in [4.78, 5) is 11.8. The second-order valence-corrected chi connectivity index (χ2v) is 4.68. The number of carbonyl (C=O) groups is 1. The van der Waals surface area contributed by atoms with E-state index in [1.54, 1.807) is 12.1 Å². The highest BCUT2D eigenvalue weighted by Crippen LogP contribution is 2.13. The summed E-state index contributed by atoms with van der Waals surface area (Å²) >= 11 is 0. The Labute approximate surface area is 111 Å². The van der Waals surface area contributed by atoms with Crippen molar-refractivity contribution < 1.29 is 18.7 Å². The molecule has 4 nitrogen and oxygen atoms in total. The van der Waals surface area contributed by atoms with Gasteiger partial charge in [0.2, 0.25) is 5.91 Å². The second kappa shape index (κ2) is 6.52. The first kappa shape index (κ1) is 13.8. The first-order valence-electron chi connectivity index (χ1n) is 6.45. The highest BCUT2D eigenvalue weighted by atomic mass is 19.1. The zero-order valence-electron chi connectivity index (χ0n) is 10.9. The van der Waals surface area contributed by atoms with Crippen LogP contribution in [0.4, 0.5) is 4.39 Å². The molecule has 0 aliphatic carbocycles. The Balaban J connectivity index is 1.73. The Morgan fingerprint density at radius 2 is 2.26 bits per heavy atom. The van der Waals surface area contributed by atoms with Gasteiger partial charge in [-0.1, -0.05) is 0 Å². The fraction of sp³-hybridized carbons (Fsp3) is 0.500. The van der Waals surface area contributed by atoms with Crippen LogP contribution in [-0.4, -0.2) is 31.3 Å². The lowest BCUT2D eigenvalue weighted by Gasteiger charge is -2.17. The summed E-state index contributed by atoms with van der Waals surface area (Å²) in [5, 5.41) is 2.84. The van der Waals surface area contributed by atoms with Crippen LogP contribution in [0.5, 0.6) is 5.75 Å². The maximum Gasteiger partial charge on any atom is 0.249 e. The monoisotopic (exact) mass is 267 g/mol. The van der Waals surface area contributed by atoms with Gasteiger partial charge in [-0.2, -0.15) is 0 Å². The molecule has 1 saturated heterocycles. The highest BCUT2D eigenvalue weighted by Gasteiger charge is 2.24. The maximum absolute atomic E-state index is 12.7. The van der Waals surface area contributed by atoms with Crippen LogP contribution in [0.2, 0.25) is 0 Å². The Bertz CT molecular complexity index is 415. The van der Waals surface area contributed by atoms with Crippen molar-refractivity contribution in [2.24, 2.45) is 0 Å². The van der Waals surface area contributed by atoms with Crippen LogP contribution in [0, 0.1) is 5.82 Å². The van der Waals surface area contributed by atoms with Crippen LogP contribution < -0.4 is 10.1 Å². The molecule has 0 spiro atoms. The first-order valence-corrected chi connectivity index (χ1v) is 6.45. The average Bonchev–Trinajstić information content (AvgIpc) is 2.92. The molecule has 1 aliphatic heterocycles. The minimum absolute atomic E-state index is 0.0901. The largest absolute Gasteiger partial charge is 0.491 e. The van der Waals surface area contributed by atoms with E-state index in [1.807, 2.05) is 6.92 Å². The number of benzene rings is 1. The van der Waals surface area contributed by atoms with Gasteiger partial charge in [-0.3, -0.25) is 4.79 Å². The minimum atomic E-state index is -0.326. The van der Waals surface area contributed by atoms with Crippen molar-refractivity contribution in [3.05, 3.63) is 30.1 Å². The number of nitrogens with one attached hydrogen (secondary N) is 1. The highest BCUT2D eigenvalue weighted by molar-refractivity contribution is 5.81. The number of hydrogen-bond acceptors (Lipinski definition) is 3. The quantitative estimate of drug-likeness (QED) is 0.886. The molecule has 1 fully saturated rings. The Hall–Kier alpha value is -1.62. The molecule has 1 heterocycles. The number of rotatable bonds is 5. The van der Waals surface area contributed by atoms with Crippen molar-refractivity contribution >= 4 is 5.91 Å². The molecule has 0 saturated carbocycles. The summed E-state index contributed by atoms with van der Waals surface area (Å²) in [6.45, 7) is 2.85. The molecule has 5 heteroatoms. The smallest absolute Gasteiger partial charge is 0.249 e. The molecular weight excluding hydrogens is 249 g/mol. The predicted octanol–water partition coefficient (Wildman–Crippen LogP) is 1.89. The minimum Gasteiger partial charge on any atom is -0.491 e. The number of carbonyl (C=O) groups excluding carboxylic acids is 1. The normalized spacial score (nSPS) is 20.0. The third-order valence-electron chi connectivity index (χ3n) is 2.92.